The summed E-state index contributed by atoms with van der Waals surface area (Å²) in [5.74, 6) is 1.17. The van der Waals surface area contributed by atoms with Gasteiger partial charge in [-0.2, -0.15) is 8.42 Å². The van der Waals surface area contributed by atoms with Crippen LogP contribution >= 0.6 is 11.6 Å². The molecular weight excluding hydrogens is 584 g/mol. The number of nitrogens with zero attached hydrogens (tertiary/aromatic N) is 5. The highest BCUT2D eigenvalue weighted by Crippen LogP contribution is 2.35. The van der Waals surface area contributed by atoms with Gasteiger partial charge in [-0.3, -0.25) is 9.35 Å². The van der Waals surface area contributed by atoms with E-state index in [1.54, 1.807) is 7.11 Å². The average molecular weight is 617 g/mol. The van der Waals surface area contributed by atoms with E-state index in [-0.39, 0.29) is 11.4 Å². The molecule has 1 aromatic heterocycles. The summed E-state index contributed by atoms with van der Waals surface area (Å²) in [5, 5.41) is 12.4. The molecular formula is C28H33ClN6O6S. The Bertz CT molecular complexity index is 1650. The molecule has 3 aromatic carbocycles. The number of hydrogen-bond acceptors (Lipinski definition) is 9. The second-order valence-electron chi connectivity index (χ2n) is 9.67. The van der Waals surface area contributed by atoms with Crippen LogP contribution in [-0.2, 0) is 10.1 Å². The highest BCUT2D eigenvalue weighted by atomic mass is 35.5. The third-order valence-electron chi connectivity index (χ3n) is 6.44. The van der Waals surface area contributed by atoms with E-state index in [0.29, 0.717) is 28.3 Å². The van der Waals surface area contributed by atoms with Gasteiger partial charge in [-0.05, 0) is 79.7 Å². The second kappa shape index (κ2) is 13.9. The zero-order valence-corrected chi connectivity index (χ0v) is 25.2. The number of methoxy groups -OCH3 is 1. The van der Waals surface area contributed by atoms with Crippen molar-refractivity contribution in [1.82, 2.24) is 25.0 Å². The van der Waals surface area contributed by atoms with Crippen LogP contribution in [0.4, 0.5) is 11.6 Å². The van der Waals surface area contributed by atoms with E-state index in [1.807, 2.05) is 66.4 Å². The normalized spacial score (nSPS) is 13.5. The molecule has 12 nitrogen and oxygen atoms in total. The molecule has 1 aliphatic heterocycles. The summed E-state index contributed by atoms with van der Waals surface area (Å²) in [6.45, 7) is 5.29. The van der Waals surface area contributed by atoms with Gasteiger partial charge in [-0.25, -0.2) is 4.98 Å². The molecule has 5 rings (SSSR count). The largest absolute Gasteiger partial charge is 0.497 e. The van der Waals surface area contributed by atoms with Crippen molar-refractivity contribution in [1.29, 1.82) is 0 Å². The van der Waals surface area contributed by atoms with E-state index < -0.39 is 10.1 Å². The van der Waals surface area contributed by atoms with Gasteiger partial charge < -0.3 is 25.3 Å². The quantitative estimate of drug-likeness (QED) is 0.317. The number of aromatic nitrogens is 3. The molecule has 1 fully saturated rings. The number of amides is 1. The Morgan fingerprint density at radius 1 is 0.976 bits per heavy atom. The van der Waals surface area contributed by atoms with E-state index in [4.69, 9.17) is 20.9 Å². The number of likely N-dealkylation sites (N-methyl/N-ethyl adjacent to an activating group) is 1. The maximum atomic E-state index is 12.8. The summed E-state index contributed by atoms with van der Waals surface area (Å²) in [6, 6.07) is 16.8. The average Bonchev–Trinajstić information content (AvgIpc) is 2.93. The van der Waals surface area contributed by atoms with Crippen molar-refractivity contribution in [3.63, 3.8) is 0 Å². The zero-order valence-electron chi connectivity index (χ0n) is 23.6. The molecule has 42 heavy (non-hydrogen) atoms. The van der Waals surface area contributed by atoms with Crippen LogP contribution in [-0.4, -0.2) is 95.9 Å². The van der Waals surface area contributed by atoms with E-state index in [2.05, 4.69) is 32.4 Å². The van der Waals surface area contributed by atoms with Crippen molar-refractivity contribution in [3.8, 4) is 16.9 Å². The second-order valence-corrected chi connectivity index (χ2v) is 11.5. The van der Waals surface area contributed by atoms with Gasteiger partial charge in [0.25, 0.3) is 16.0 Å². The number of aryl methyl sites for hydroxylation is 1. The molecule has 0 atom stereocenters. The summed E-state index contributed by atoms with van der Waals surface area (Å²) < 4.78 is 31.2. The molecule has 2 heterocycles. The van der Waals surface area contributed by atoms with Crippen molar-refractivity contribution in [2.45, 2.75) is 6.92 Å². The maximum Gasteiger partial charge on any atom is 0.261 e. The number of benzene rings is 3. The van der Waals surface area contributed by atoms with Crippen molar-refractivity contribution < 1.29 is 28.0 Å². The first-order valence-corrected chi connectivity index (χ1v) is 14.9. The maximum absolute atomic E-state index is 12.8. The number of nitrogens with one attached hydrogen (secondary N) is 1. The Labute approximate surface area is 249 Å². The molecule has 4 N–H and O–H groups in total. The third-order valence-corrected chi connectivity index (χ3v) is 6.77. The van der Waals surface area contributed by atoms with Crippen LogP contribution in [0.1, 0.15) is 15.9 Å². The molecule has 1 saturated heterocycles. The molecule has 1 aliphatic rings. The molecule has 1 amide bonds. The van der Waals surface area contributed by atoms with Crippen molar-refractivity contribution in [2.24, 2.45) is 0 Å². The van der Waals surface area contributed by atoms with Crippen LogP contribution < -0.4 is 10.1 Å². The topological polar surface area (TPSA) is 169 Å². The Hall–Kier alpha value is -3.88. The number of rotatable bonds is 5. The van der Waals surface area contributed by atoms with Crippen LogP contribution in [0.25, 0.3) is 22.2 Å². The minimum absolute atomic E-state index is 0. The number of carbonyl (C=O) groups excluding carboxylic acids is 1. The number of hydrogen-bond donors (Lipinski definition) is 2. The third kappa shape index (κ3) is 8.57. The van der Waals surface area contributed by atoms with Crippen LogP contribution in [0.2, 0.25) is 5.02 Å². The first kappa shape index (κ1) is 32.6. The summed E-state index contributed by atoms with van der Waals surface area (Å²) in [6.07, 6.45) is 0.715. The first-order chi connectivity index (χ1) is 19.4. The number of ether oxygens (including phenoxy) is 1. The first-order valence-electron chi connectivity index (χ1n) is 12.7. The van der Waals surface area contributed by atoms with Gasteiger partial charge in [0.05, 0.1) is 18.9 Å². The molecule has 0 saturated carbocycles. The molecule has 0 spiro atoms. The standard InChI is InChI=1S/C27H27ClN6O2.CH4O3S.H2O/c1-17-14-24-25(16-21(17)22-15-20(36-3)8-9-23(22)28)31-32-27(30-24)29-19-6-4-18(5-7-19)26(35)34-12-10-33(2)11-13-34;1-5(2,3)4;/h4-9,14-16H,10-13H2,1-3H3,(H,29,30,32);1H3,(H,2,3,4);1H2. The van der Waals surface area contributed by atoms with Crippen LogP contribution in [0.5, 0.6) is 5.75 Å². The Morgan fingerprint density at radius 3 is 2.24 bits per heavy atom. The monoisotopic (exact) mass is 616 g/mol. The fraction of sp³-hybridized carbons (Fsp3) is 0.286. The van der Waals surface area contributed by atoms with Crippen molar-refractivity contribution >= 4 is 50.3 Å². The van der Waals surface area contributed by atoms with E-state index in [9.17, 15) is 13.2 Å². The van der Waals surface area contributed by atoms with Crippen LogP contribution in [0.15, 0.2) is 54.6 Å². The highest BCUT2D eigenvalue weighted by molar-refractivity contribution is 7.85. The smallest absolute Gasteiger partial charge is 0.261 e. The highest BCUT2D eigenvalue weighted by Gasteiger charge is 2.20. The Morgan fingerprint density at radius 2 is 1.62 bits per heavy atom. The lowest BCUT2D eigenvalue weighted by molar-refractivity contribution is 0.0664. The number of anilines is 2. The van der Waals surface area contributed by atoms with E-state index in [0.717, 1.165) is 59.8 Å². The van der Waals surface area contributed by atoms with Crippen molar-refractivity contribution in [3.05, 3.63) is 70.7 Å². The minimum atomic E-state index is -3.67. The molecule has 0 radical (unpaired) electrons. The fourth-order valence-corrected chi connectivity index (χ4v) is 4.51. The lowest BCUT2D eigenvalue weighted by Crippen LogP contribution is -2.47. The lowest BCUT2D eigenvalue weighted by atomic mass is 9.99. The number of fused-ring (bicyclic) bond motifs is 1. The molecule has 14 heteroatoms. The zero-order chi connectivity index (χ0) is 29.7. The predicted molar refractivity (Wildman–Crippen MR) is 163 cm³/mol. The van der Waals surface area contributed by atoms with Gasteiger partial charge in [0.2, 0.25) is 5.95 Å². The molecule has 0 aliphatic carbocycles. The van der Waals surface area contributed by atoms with Crippen LogP contribution in [0.3, 0.4) is 0 Å². The van der Waals surface area contributed by atoms with E-state index in [1.165, 1.54) is 0 Å². The summed E-state index contributed by atoms with van der Waals surface area (Å²) >= 11 is 6.46. The van der Waals surface area contributed by atoms with E-state index >= 15 is 0 Å². The Kier molecular flexibility index (Phi) is 10.8. The van der Waals surface area contributed by atoms with Gasteiger partial charge in [0.15, 0.2) is 0 Å². The van der Waals surface area contributed by atoms with Gasteiger partial charge in [0.1, 0.15) is 11.3 Å². The van der Waals surface area contributed by atoms with Crippen molar-refractivity contribution in [2.75, 3.05) is 51.9 Å². The van der Waals surface area contributed by atoms with Crippen LogP contribution in [0, 0.1) is 6.92 Å². The van der Waals surface area contributed by atoms with Gasteiger partial charge >= 0.3 is 0 Å². The fourth-order valence-electron chi connectivity index (χ4n) is 4.29. The predicted octanol–water partition coefficient (Wildman–Crippen LogP) is 3.47. The number of carbonyl (C=O) groups is 1. The summed E-state index contributed by atoms with van der Waals surface area (Å²) in [5.41, 5.74) is 5.65. The molecule has 0 bridgehead atoms. The van der Waals surface area contributed by atoms with Gasteiger partial charge in [-0.1, -0.05) is 11.6 Å². The summed E-state index contributed by atoms with van der Waals surface area (Å²) in [4.78, 5) is 21.5. The SMILES string of the molecule is COc1ccc(Cl)c(-c2cc3nnc(Nc4ccc(C(=O)N5CCN(C)CC5)cc4)nc3cc2C)c1.CS(=O)(=O)O.O. The summed E-state index contributed by atoms with van der Waals surface area (Å²) in [7, 11) is 0.0334. The number of halogens is 1. The van der Waals surface area contributed by atoms with Gasteiger partial charge in [-0.15, -0.1) is 10.2 Å². The number of piperazine rings is 1. The molecule has 224 valence electrons. The van der Waals surface area contributed by atoms with Gasteiger partial charge in [0, 0.05) is 48.0 Å². The molecule has 0 unspecified atom stereocenters. The molecule has 4 aromatic rings. The Balaban J connectivity index is 0.000000745. The minimum Gasteiger partial charge on any atom is -0.497 e. The lowest BCUT2D eigenvalue weighted by Gasteiger charge is -2.32.